The first-order valence-corrected chi connectivity index (χ1v) is 2.28. The number of halogens is 1. The summed E-state index contributed by atoms with van der Waals surface area (Å²) in [6, 6.07) is 0. The molecule has 0 heterocycles. The topological polar surface area (TPSA) is 0 Å². The quantitative estimate of drug-likeness (QED) is 0.550. The van der Waals surface area contributed by atoms with Crippen molar-refractivity contribution in [2.75, 3.05) is 0 Å². The Bertz CT molecular complexity index is 105. The second-order valence-electron chi connectivity index (χ2n) is 1.25. The van der Waals surface area contributed by atoms with Crippen LogP contribution in [0.5, 0.6) is 0 Å². The molecule has 0 saturated carbocycles. The van der Waals surface area contributed by atoms with Crippen LogP contribution < -0.4 is 0 Å². The zero-order valence-corrected chi connectivity index (χ0v) is 7.03. The van der Waals surface area contributed by atoms with Crippen molar-refractivity contribution >= 4 is 11.6 Å². The molecule has 0 aliphatic heterocycles. The Morgan fingerprint density at radius 3 is 2.43 bits per heavy atom. The molecule has 0 radical (unpaired) electrons. The molecule has 2 heteroatoms. The van der Waals surface area contributed by atoms with Crippen molar-refractivity contribution in [1.29, 1.82) is 0 Å². The standard InChI is InChI=1S/C5H5Cl.Zr/c6-5-3-1-2-4-5;/h1-3H,4H2;/q;+2. The van der Waals surface area contributed by atoms with Gasteiger partial charge in [0.15, 0.2) is 0 Å². The smallest absolute Gasteiger partial charge is 0.0888 e. The third kappa shape index (κ3) is 2.46. The molecule has 0 unspecified atom stereocenters. The number of hydrogen-bond acceptors (Lipinski definition) is 0. The molecule has 0 nitrogen and oxygen atoms in total. The van der Waals surface area contributed by atoms with Crippen LogP contribution in [0.15, 0.2) is 23.3 Å². The Kier molecular flexibility index (Phi) is 3.97. The van der Waals surface area contributed by atoms with E-state index in [4.69, 9.17) is 11.6 Å². The van der Waals surface area contributed by atoms with Gasteiger partial charge in [0.1, 0.15) is 0 Å². The van der Waals surface area contributed by atoms with E-state index in [1.54, 1.807) is 0 Å². The maximum atomic E-state index is 5.51. The van der Waals surface area contributed by atoms with E-state index in [0.29, 0.717) is 0 Å². The van der Waals surface area contributed by atoms with E-state index in [9.17, 15) is 0 Å². The summed E-state index contributed by atoms with van der Waals surface area (Å²) in [5.41, 5.74) is 0. The monoisotopic (exact) mass is 190 g/mol. The molecule has 0 aromatic heterocycles. The van der Waals surface area contributed by atoms with Crippen LogP contribution in [0.3, 0.4) is 0 Å². The summed E-state index contributed by atoms with van der Waals surface area (Å²) in [5.74, 6) is 0. The van der Waals surface area contributed by atoms with Crippen molar-refractivity contribution in [3.8, 4) is 0 Å². The van der Waals surface area contributed by atoms with Crippen LogP contribution in [-0.2, 0) is 26.2 Å². The Balaban J connectivity index is 0.000000360. The molecular formula is C5H5ClZr+2. The molecule has 0 spiro atoms. The maximum Gasteiger partial charge on any atom is 2.00 e. The zero-order valence-electron chi connectivity index (χ0n) is 3.82. The third-order valence-electron chi connectivity index (χ3n) is 0.726. The molecule has 0 saturated heterocycles. The summed E-state index contributed by atoms with van der Waals surface area (Å²) in [6.45, 7) is 0. The van der Waals surface area contributed by atoms with E-state index in [1.807, 2.05) is 18.2 Å². The van der Waals surface area contributed by atoms with Crippen molar-refractivity contribution in [3.05, 3.63) is 23.3 Å². The summed E-state index contributed by atoms with van der Waals surface area (Å²) < 4.78 is 0. The predicted octanol–water partition coefficient (Wildman–Crippen LogP) is 2.07. The largest absolute Gasteiger partial charge is 2.00 e. The van der Waals surface area contributed by atoms with Crippen LogP contribution >= 0.6 is 11.6 Å². The predicted molar refractivity (Wildman–Crippen MR) is 27.7 cm³/mol. The molecule has 1 rings (SSSR count). The Hall–Kier alpha value is 0.653. The number of allylic oxidation sites excluding steroid dienone is 4. The average Bonchev–Trinajstić information content (AvgIpc) is 1.86. The van der Waals surface area contributed by atoms with Gasteiger partial charge in [-0.2, -0.15) is 0 Å². The Morgan fingerprint density at radius 2 is 2.29 bits per heavy atom. The van der Waals surface area contributed by atoms with Gasteiger partial charge in [0.2, 0.25) is 0 Å². The zero-order chi connectivity index (χ0) is 4.41. The molecular weight excluding hydrogens is 187 g/mol. The van der Waals surface area contributed by atoms with E-state index >= 15 is 0 Å². The van der Waals surface area contributed by atoms with Crippen LogP contribution in [0.4, 0.5) is 0 Å². The van der Waals surface area contributed by atoms with Gasteiger partial charge < -0.3 is 0 Å². The Morgan fingerprint density at radius 1 is 1.57 bits per heavy atom. The van der Waals surface area contributed by atoms with Gasteiger partial charge in [-0.25, -0.2) is 0 Å². The molecule has 34 valence electrons. The second kappa shape index (κ2) is 3.63. The molecule has 0 atom stereocenters. The van der Waals surface area contributed by atoms with Gasteiger partial charge in [-0.3, -0.25) is 0 Å². The first-order chi connectivity index (χ1) is 2.89. The third-order valence-corrected chi connectivity index (χ3v) is 1.01. The van der Waals surface area contributed by atoms with E-state index in [-0.39, 0.29) is 26.2 Å². The summed E-state index contributed by atoms with van der Waals surface area (Å²) in [4.78, 5) is 0. The molecule has 1 aliphatic carbocycles. The van der Waals surface area contributed by atoms with E-state index in [1.165, 1.54) is 0 Å². The summed E-state index contributed by atoms with van der Waals surface area (Å²) in [6.07, 6.45) is 6.83. The fraction of sp³-hybridized carbons (Fsp3) is 0.200. The van der Waals surface area contributed by atoms with E-state index in [2.05, 4.69) is 0 Å². The molecule has 0 aromatic rings. The van der Waals surface area contributed by atoms with Crippen molar-refractivity contribution in [2.24, 2.45) is 0 Å². The number of rotatable bonds is 0. The minimum Gasteiger partial charge on any atom is -0.0888 e. The summed E-state index contributed by atoms with van der Waals surface area (Å²) in [7, 11) is 0. The van der Waals surface area contributed by atoms with Crippen LogP contribution in [-0.4, -0.2) is 0 Å². The van der Waals surface area contributed by atoms with Gasteiger partial charge in [0.25, 0.3) is 0 Å². The fourth-order valence-electron chi connectivity index (χ4n) is 0.421. The van der Waals surface area contributed by atoms with Crippen LogP contribution in [0.25, 0.3) is 0 Å². The van der Waals surface area contributed by atoms with Gasteiger partial charge in [0, 0.05) is 11.5 Å². The SMILES string of the molecule is ClC1=CC=CC1.[Zr+2]. The van der Waals surface area contributed by atoms with Gasteiger partial charge in [-0.1, -0.05) is 23.8 Å². The Labute approximate surface area is 67.4 Å². The van der Waals surface area contributed by atoms with Crippen molar-refractivity contribution in [2.45, 2.75) is 6.42 Å². The van der Waals surface area contributed by atoms with Gasteiger partial charge >= 0.3 is 26.2 Å². The minimum atomic E-state index is 0. The van der Waals surface area contributed by atoms with Crippen molar-refractivity contribution in [3.63, 3.8) is 0 Å². The molecule has 0 fully saturated rings. The van der Waals surface area contributed by atoms with Crippen LogP contribution in [0.2, 0.25) is 0 Å². The summed E-state index contributed by atoms with van der Waals surface area (Å²) in [5, 5.41) is 0.940. The van der Waals surface area contributed by atoms with E-state index < -0.39 is 0 Å². The van der Waals surface area contributed by atoms with Crippen molar-refractivity contribution in [1.82, 2.24) is 0 Å². The average molecular weight is 192 g/mol. The van der Waals surface area contributed by atoms with Gasteiger partial charge in [0.05, 0.1) is 0 Å². The molecule has 0 aromatic carbocycles. The van der Waals surface area contributed by atoms with Gasteiger partial charge in [-0.15, -0.1) is 0 Å². The molecule has 0 amide bonds. The first kappa shape index (κ1) is 7.65. The van der Waals surface area contributed by atoms with Crippen molar-refractivity contribution < 1.29 is 26.2 Å². The molecule has 1 aliphatic rings. The maximum absolute atomic E-state index is 5.51. The van der Waals surface area contributed by atoms with E-state index in [0.717, 1.165) is 11.5 Å². The molecule has 7 heavy (non-hydrogen) atoms. The first-order valence-electron chi connectivity index (χ1n) is 1.91. The fourth-order valence-corrected chi connectivity index (χ4v) is 0.583. The molecule has 0 N–H and O–H groups in total. The minimum absolute atomic E-state index is 0. The van der Waals surface area contributed by atoms with Crippen LogP contribution in [0.1, 0.15) is 6.42 Å². The summed E-state index contributed by atoms with van der Waals surface area (Å²) >= 11 is 5.51. The second-order valence-corrected chi connectivity index (χ2v) is 1.73. The van der Waals surface area contributed by atoms with Gasteiger partial charge in [-0.05, 0) is 6.08 Å². The van der Waals surface area contributed by atoms with Crippen LogP contribution in [0, 0.1) is 0 Å². The normalized spacial score (nSPS) is 15.9. The number of hydrogen-bond donors (Lipinski definition) is 0. The molecule has 0 bridgehead atoms.